The first-order valence-corrected chi connectivity index (χ1v) is 7.61. The molecule has 1 heterocycles. The fourth-order valence-corrected chi connectivity index (χ4v) is 2.44. The normalized spacial score (nSPS) is 14.5. The van der Waals surface area contributed by atoms with Crippen molar-refractivity contribution in [1.29, 1.82) is 0 Å². The van der Waals surface area contributed by atoms with Gasteiger partial charge in [-0.1, -0.05) is 18.2 Å². The van der Waals surface area contributed by atoms with Gasteiger partial charge in [-0.3, -0.25) is 4.79 Å². The van der Waals surface area contributed by atoms with Gasteiger partial charge in [-0.25, -0.2) is 0 Å². The number of carbonyl (C=O) groups is 1. The van der Waals surface area contributed by atoms with Crippen LogP contribution < -0.4 is 0 Å². The van der Waals surface area contributed by atoms with Crippen molar-refractivity contribution in [3.8, 4) is 0 Å². The molecule has 0 spiro atoms. The number of ether oxygens (including phenoxy) is 1. The van der Waals surface area contributed by atoms with E-state index in [4.69, 9.17) is 4.74 Å². The van der Waals surface area contributed by atoms with E-state index in [-0.39, 0.29) is 5.91 Å². The van der Waals surface area contributed by atoms with Crippen molar-refractivity contribution in [1.82, 2.24) is 9.88 Å². The molecular weight excluding hydrogens is 264 g/mol. The predicted molar refractivity (Wildman–Crippen MR) is 83.2 cm³/mol. The summed E-state index contributed by atoms with van der Waals surface area (Å²) in [6.45, 7) is 2.14. The summed E-state index contributed by atoms with van der Waals surface area (Å²) in [5.74, 6) is 0.909. The van der Waals surface area contributed by atoms with E-state index in [0.717, 1.165) is 29.0 Å². The molecule has 0 radical (unpaired) electrons. The van der Waals surface area contributed by atoms with Gasteiger partial charge in [0, 0.05) is 37.3 Å². The lowest BCUT2D eigenvalue weighted by Crippen LogP contribution is -2.31. The quantitative estimate of drug-likeness (QED) is 0.795. The molecule has 1 fully saturated rings. The second-order valence-electron chi connectivity index (χ2n) is 5.87. The molecule has 0 aliphatic heterocycles. The highest BCUT2D eigenvalue weighted by Gasteiger charge is 2.21. The number of aromatic nitrogens is 1. The molecule has 1 aromatic heterocycles. The molecule has 4 nitrogen and oxygen atoms in total. The van der Waals surface area contributed by atoms with Gasteiger partial charge >= 0.3 is 0 Å². The van der Waals surface area contributed by atoms with Gasteiger partial charge in [-0.2, -0.15) is 0 Å². The average Bonchev–Trinajstić information content (AvgIpc) is 3.24. The smallest absolute Gasteiger partial charge is 0.226 e. The fourth-order valence-electron chi connectivity index (χ4n) is 2.44. The van der Waals surface area contributed by atoms with Crippen molar-refractivity contribution in [3.05, 3.63) is 36.0 Å². The maximum atomic E-state index is 12.3. The Morgan fingerprint density at radius 3 is 3.00 bits per heavy atom. The lowest BCUT2D eigenvalue weighted by molar-refractivity contribution is -0.129. The van der Waals surface area contributed by atoms with Gasteiger partial charge in [0.25, 0.3) is 0 Å². The van der Waals surface area contributed by atoms with Gasteiger partial charge in [-0.15, -0.1) is 0 Å². The van der Waals surface area contributed by atoms with E-state index in [1.807, 2.05) is 37.5 Å². The Morgan fingerprint density at radius 2 is 2.19 bits per heavy atom. The number of hydrogen-bond donors (Lipinski definition) is 1. The first kappa shape index (κ1) is 14.1. The number of rotatable bonds is 7. The average molecular weight is 286 g/mol. The zero-order chi connectivity index (χ0) is 14.7. The van der Waals surface area contributed by atoms with Gasteiger partial charge in [0.1, 0.15) is 0 Å². The molecule has 112 valence electrons. The molecule has 4 heteroatoms. The Labute approximate surface area is 125 Å². The second kappa shape index (κ2) is 6.31. The number of carbonyl (C=O) groups excluding carboxylic acids is 1. The Bertz CT molecular complexity index is 616. The highest BCUT2D eigenvalue weighted by molar-refractivity contribution is 5.88. The molecule has 0 saturated heterocycles. The molecule has 3 rings (SSSR count). The summed E-state index contributed by atoms with van der Waals surface area (Å²) < 4.78 is 5.58. The summed E-state index contributed by atoms with van der Waals surface area (Å²) in [5, 5.41) is 1.13. The maximum absolute atomic E-state index is 12.3. The van der Waals surface area contributed by atoms with Gasteiger partial charge in [-0.05, 0) is 30.4 Å². The summed E-state index contributed by atoms with van der Waals surface area (Å²) in [6, 6.07) is 8.07. The second-order valence-corrected chi connectivity index (χ2v) is 5.87. The minimum atomic E-state index is 0.134. The highest BCUT2D eigenvalue weighted by atomic mass is 16.5. The topological polar surface area (TPSA) is 45.3 Å². The highest BCUT2D eigenvalue weighted by Crippen LogP contribution is 2.28. The van der Waals surface area contributed by atoms with E-state index in [9.17, 15) is 4.79 Å². The van der Waals surface area contributed by atoms with E-state index < -0.39 is 0 Å². The molecular formula is C17H22N2O2. The summed E-state index contributed by atoms with van der Waals surface area (Å²) in [5.41, 5.74) is 2.14. The van der Waals surface area contributed by atoms with E-state index >= 15 is 0 Å². The molecule has 0 bridgehead atoms. The minimum Gasteiger partial charge on any atom is -0.379 e. The van der Waals surface area contributed by atoms with Crippen LogP contribution in [0.2, 0.25) is 0 Å². The molecule has 1 amide bonds. The predicted octanol–water partition coefficient (Wildman–Crippen LogP) is 2.60. The standard InChI is InChI=1S/C17H22N2O2/c1-19(8-9-21-12-13-6-7-13)17(20)10-14-11-18-16-5-3-2-4-15(14)16/h2-5,11,13,18H,6-10,12H2,1H3. The Balaban J connectivity index is 1.50. The molecule has 2 aromatic rings. The van der Waals surface area contributed by atoms with Crippen LogP contribution in [0.15, 0.2) is 30.5 Å². The van der Waals surface area contributed by atoms with Gasteiger partial charge in [0.05, 0.1) is 13.0 Å². The van der Waals surface area contributed by atoms with Crippen LogP contribution in [0, 0.1) is 5.92 Å². The lowest BCUT2D eigenvalue weighted by Gasteiger charge is -2.17. The van der Waals surface area contributed by atoms with Crippen molar-refractivity contribution in [3.63, 3.8) is 0 Å². The molecule has 1 aromatic carbocycles. The minimum absolute atomic E-state index is 0.134. The molecule has 0 unspecified atom stereocenters. The van der Waals surface area contributed by atoms with Crippen LogP contribution in [-0.4, -0.2) is 42.6 Å². The number of para-hydroxylation sites is 1. The number of aromatic amines is 1. The van der Waals surface area contributed by atoms with Gasteiger partial charge < -0.3 is 14.6 Å². The van der Waals surface area contributed by atoms with Crippen LogP contribution in [0.4, 0.5) is 0 Å². The third-order valence-electron chi connectivity index (χ3n) is 4.06. The van der Waals surface area contributed by atoms with Crippen molar-refractivity contribution in [2.24, 2.45) is 5.92 Å². The molecule has 1 aliphatic rings. The van der Waals surface area contributed by atoms with E-state index in [1.165, 1.54) is 12.8 Å². The molecule has 0 atom stereocenters. The number of amides is 1. The van der Waals surface area contributed by atoms with Crippen LogP contribution in [0.3, 0.4) is 0 Å². The van der Waals surface area contributed by atoms with Crippen LogP contribution in [-0.2, 0) is 16.0 Å². The lowest BCUT2D eigenvalue weighted by atomic mass is 10.1. The summed E-state index contributed by atoms with van der Waals surface area (Å²) >= 11 is 0. The molecule has 1 N–H and O–H groups in total. The number of nitrogens with zero attached hydrogens (tertiary/aromatic N) is 1. The van der Waals surface area contributed by atoms with Crippen molar-refractivity contribution < 1.29 is 9.53 Å². The van der Waals surface area contributed by atoms with Crippen molar-refractivity contribution >= 4 is 16.8 Å². The third kappa shape index (κ3) is 3.64. The third-order valence-corrected chi connectivity index (χ3v) is 4.06. The summed E-state index contributed by atoms with van der Waals surface area (Å²) in [7, 11) is 1.84. The van der Waals surface area contributed by atoms with Crippen LogP contribution in [0.25, 0.3) is 10.9 Å². The monoisotopic (exact) mass is 286 g/mol. The number of H-pyrrole nitrogens is 1. The fraction of sp³-hybridized carbons (Fsp3) is 0.471. The number of likely N-dealkylation sites (N-methyl/N-ethyl adjacent to an activating group) is 1. The number of hydrogen-bond acceptors (Lipinski definition) is 2. The Hall–Kier alpha value is -1.81. The van der Waals surface area contributed by atoms with Crippen molar-refractivity contribution in [2.75, 3.05) is 26.8 Å². The Morgan fingerprint density at radius 1 is 1.38 bits per heavy atom. The van der Waals surface area contributed by atoms with E-state index in [2.05, 4.69) is 4.98 Å². The van der Waals surface area contributed by atoms with Crippen LogP contribution in [0.1, 0.15) is 18.4 Å². The number of benzene rings is 1. The summed E-state index contributed by atoms with van der Waals surface area (Å²) in [4.78, 5) is 17.2. The largest absolute Gasteiger partial charge is 0.379 e. The van der Waals surface area contributed by atoms with E-state index in [1.54, 1.807) is 4.90 Å². The van der Waals surface area contributed by atoms with Gasteiger partial charge in [0.15, 0.2) is 0 Å². The SMILES string of the molecule is CN(CCOCC1CC1)C(=O)Cc1c[nH]c2ccccc12. The maximum Gasteiger partial charge on any atom is 0.226 e. The van der Waals surface area contributed by atoms with Crippen molar-refractivity contribution in [2.45, 2.75) is 19.3 Å². The number of fused-ring (bicyclic) bond motifs is 1. The zero-order valence-corrected chi connectivity index (χ0v) is 12.5. The number of nitrogens with one attached hydrogen (secondary N) is 1. The zero-order valence-electron chi connectivity index (χ0n) is 12.5. The summed E-state index contributed by atoms with van der Waals surface area (Å²) in [6.07, 6.45) is 4.97. The molecule has 21 heavy (non-hydrogen) atoms. The van der Waals surface area contributed by atoms with Gasteiger partial charge in [0.2, 0.25) is 5.91 Å². The van der Waals surface area contributed by atoms with Crippen LogP contribution in [0.5, 0.6) is 0 Å². The molecule has 1 aliphatic carbocycles. The first-order chi connectivity index (χ1) is 10.2. The van der Waals surface area contributed by atoms with Crippen LogP contribution >= 0.6 is 0 Å². The molecule has 1 saturated carbocycles. The Kier molecular flexibility index (Phi) is 4.25. The van der Waals surface area contributed by atoms with E-state index in [0.29, 0.717) is 19.6 Å². The first-order valence-electron chi connectivity index (χ1n) is 7.61.